The summed E-state index contributed by atoms with van der Waals surface area (Å²) in [7, 11) is 0. The molecule has 0 aromatic carbocycles. The number of carbonyl (C=O) groups excluding carboxylic acids is 1. The summed E-state index contributed by atoms with van der Waals surface area (Å²) in [5.74, 6) is 0.118. The maximum Gasteiger partial charge on any atom is 0.309 e. The van der Waals surface area contributed by atoms with Gasteiger partial charge in [0.2, 0.25) is 0 Å². The number of esters is 1. The molecule has 1 saturated heterocycles. The van der Waals surface area contributed by atoms with Gasteiger partial charge in [0.15, 0.2) is 0 Å². The fourth-order valence-corrected chi connectivity index (χ4v) is 2.55. The van der Waals surface area contributed by atoms with Gasteiger partial charge in [-0.05, 0) is 38.5 Å². The van der Waals surface area contributed by atoms with E-state index in [9.17, 15) is 4.79 Å². The van der Waals surface area contributed by atoms with Crippen molar-refractivity contribution in [3.63, 3.8) is 0 Å². The third kappa shape index (κ3) is 3.48. The van der Waals surface area contributed by atoms with E-state index >= 15 is 0 Å². The molecule has 0 aromatic heterocycles. The topological polar surface area (TPSA) is 35.5 Å². The Morgan fingerprint density at radius 2 is 1.56 bits per heavy atom. The van der Waals surface area contributed by atoms with E-state index in [0.29, 0.717) is 13.2 Å². The van der Waals surface area contributed by atoms with Crippen LogP contribution in [0.2, 0.25) is 0 Å². The molecule has 2 rings (SSSR count). The van der Waals surface area contributed by atoms with E-state index in [2.05, 4.69) is 0 Å². The molecule has 92 valence electrons. The quantitative estimate of drug-likeness (QED) is 0.536. The number of hydrogen-bond acceptors (Lipinski definition) is 3. The number of rotatable bonds is 2. The first-order chi connectivity index (χ1) is 7.86. The van der Waals surface area contributed by atoms with Crippen LogP contribution in [0.15, 0.2) is 0 Å². The summed E-state index contributed by atoms with van der Waals surface area (Å²) in [5.41, 5.74) is 0. The van der Waals surface area contributed by atoms with E-state index in [1.54, 1.807) is 0 Å². The summed E-state index contributed by atoms with van der Waals surface area (Å²) in [6.45, 7) is 1.43. The van der Waals surface area contributed by atoms with Gasteiger partial charge in [-0.25, -0.2) is 0 Å². The molecule has 0 amide bonds. The van der Waals surface area contributed by atoms with Crippen LogP contribution in [0.4, 0.5) is 0 Å². The van der Waals surface area contributed by atoms with Gasteiger partial charge in [-0.2, -0.15) is 0 Å². The molecule has 0 unspecified atom stereocenters. The Morgan fingerprint density at radius 1 is 0.938 bits per heavy atom. The van der Waals surface area contributed by atoms with Gasteiger partial charge < -0.3 is 9.47 Å². The average Bonchev–Trinajstić information content (AvgIpc) is 2.59. The fraction of sp³-hybridized carbons (Fsp3) is 0.923. The van der Waals surface area contributed by atoms with Gasteiger partial charge in [-0.3, -0.25) is 4.79 Å². The molecule has 0 spiro atoms. The molecule has 1 aliphatic heterocycles. The third-order valence-electron chi connectivity index (χ3n) is 3.64. The van der Waals surface area contributed by atoms with Gasteiger partial charge in [0, 0.05) is 13.2 Å². The molecule has 1 saturated carbocycles. The standard InChI is InChI=1S/C13H22O3/c14-13(11-7-9-15-10-8-11)16-12-5-3-1-2-4-6-12/h11-12H,1-10H2. The fourth-order valence-electron chi connectivity index (χ4n) is 2.55. The predicted molar refractivity (Wildman–Crippen MR) is 61.1 cm³/mol. The number of ether oxygens (including phenoxy) is 2. The Kier molecular flexibility index (Phi) is 4.64. The molecule has 0 atom stereocenters. The Bertz CT molecular complexity index is 213. The smallest absolute Gasteiger partial charge is 0.309 e. The third-order valence-corrected chi connectivity index (χ3v) is 3.64. The zero-order valence-corrected chi connectivity index (χ0v) is 9.95. The second-order valence-electron chi connectivity index (χ2n) is 4.94. The van der Waals surface area contributed by atoms with Crippen molar-refractivity contribution in [3.8, 4) is 0 Å². The van der Waals surface area contributed by atoms with Crippen LogP contribution in [-0.4, -0.2) is 25.3 Å². The highest BCUT2D eigenvalue weighted by molar-refractivity contribution is 5.72. The minimum Gasteiger partial charge on any atom is -0.462 e. The molecule has 0 N–H and O–H groups in total. The summed E-state index contributed by atoms with van der Waals surface area (Å²) in [4.78, 5) is 11.9. The van der Waals surface area contributed by atoms with E-state index in [1.807, 2.05) is 0 Å². The van der Waals surface area contributed by atoms with E-state index in [0.717, 1.165) is 25.7 Å². The van der Waals surface area contributed by atoms with Crippen molar-refractivity contribution in [3.05, 3.63) is 0 Å². The van der Waals surface area contributed by atoms with Crippen molar-refractivity contribution >= 4 is 5.97 Å². The van der Waals surface area contributed by atoms with Crippen LogP contribution in [0.3, 0.4) is 0 Å². The van der Waals surface area contributed by atoms with E-state index in [-0.39, 0.29) is 18.0 Å². The van der Waals surface area contributed by atoms with Crippen LogP contribution in [0.25, 0.3) is 0 Å². The van der Waals surface area contributed by atoms with Crippen molar-refractivity contribution in [1.82, 2.24) is 0 Å². The summed E-state index contributed by atoms with van der Waals surface area (Å²) < 4.78 is 10.9. The molecule has 0 radical (unpaired) electrons. The lowest BCUT2D eigenvalue weighted by atomic mass is 10.0. The number of hydrogen-bond donors (Lipinski definition) is 0. The lowest BCUT2D eigenvalue weighted by molar-refractivity contribution is -0.157. The summed E-state index contributed by atoms with van der Waals surface area (Å²) >= 11 is 0. The van der Waals surface area contributed by atoms with Crippen LogP contribution in [-0.2, 0) is 14.3 Å². The van der Waals surface area contributed by atoms with Crippen molar-refractivity contribution in [2.75, 3.05) is 13.2 Å². The second kappa shape index (κ2) is 6.24. The zero-order chi connectivity index (χ0) is 11.2. The highest BCUT2D eigenvalue weighted by Gasteiger charge is 2.25. The first-order valence-electron chi connectivity index (χ1n) is 6.64. The van der Waals surface area contributed by atoms with Crippen LogP contribution in [0, 0.1) is 5.92 Å². The minimum atomic E-state index is 0.0233. The van der Waals surface area contributed by atoms with Gasteiger partial charge >= 0.3 is 5.97 Å². The van der Waals surface area contributed by atoms with Gasteiger partial charge in [-0.15, -0.1) is 0 Å². The van der Waals surface area contributed by atoms with Crippen molar-refractivity contribution < 1.29 is 14.3 Å². The number of carbonyl (C=O) groups is 1. The normalized spacial score (nSPS) is 25.0. The summed E-state index contributed by atoms with van der Waals surface area (Å²) in [6, 6.07) is 0. The predicted octanol–water partition coefficient (Wildman–Crippen LogP) is 2.68. The molecular weight excluding hydrogens is 204 g/mol. The SMILES string of the molecule is O=C(OC1CCCCCC1)C1CCOCC1. The molecule has 1 aliphatic carbocycles. The molecule has 3 heteroatoms. The summed E-state index contributed by atoms with van der Waals surface area (Å²) in [6.07, 6.45) is 9.02. The molecule has 3 nitrogen and oxygen atoms in total. The van der Waals surface area contributed by atoms with E-state index in [1.165, 1.54) is 25.7 Å². The highest BCUT2D eigenvalue weighted by Crippen LogP contribution is 2.23. The Morgan fingerprint density at radius 3 is 2.19 bits per heavy atom. The molecule has 2 fully saturated rings. The largest absolute Gasteiger partial charge is 0.462 e. The maximum absolute atomic E-state index is 11.9. The molecular formula is C13H22O3. The Balaban J connectivity index is 1.76. The van der Waals surface area contributed by atoms with Crippen LogP contribution in [0.5, 0.6) is 0 Å². The Labute approximate surface area is 97.5 Å². The van der Waals surface area contributed by atoms with Gasteiger partial charge in [0.05, 0.1) is 5.92 Å². The monoisotopic (exact) mass is 226 g/mol. The lowest BCUT2D eigenvalue weighted by Gasteiger charge is -2.23. The first-order valence-corrected chi connectivity index (χ1v) is 6.64. The van der Waals surface area contributed by atoms with Crippen molar-refractivity contribution in [1.29, 1.82) is 0 Å². The maximum atomic E-state index is 11.9. The molecule has 16 heavy (non-hydrogen) atoms. The Hall–Kier alpha value is -0.570. The first kappa shape index (κ1) is 11.9. The molecule has 2 aliphatic rings. The van der Waals surface area contributed by atoms with Gasteiger partial charge in [0.25, 0.3) is 0 Å². The second-order valence-corrected chi connectivity index (χ2v) is 4.94. The van der Waals surface area contributed by atoms with Crippen molar-refractivity contribution in [2.24, 2.45) is 5.92 Å². The molecule has 1 heterocycles. The highest BCUT2D eigenvalue weighted by atomic mass is 16.5. The minimum absolute atomic E-state index is 0.0233. The van der Waals surface area contributed by atoms with Gasteiger partial charge in [-0.1, -0.05) is 12.8 Å². The van der Waals surface area contributed by atoms with E-state index in [4.69, 9.17) is 9.47 Å². The molecule has 0 aromatic rings. The van der Waals surface area contributed by atoms with Gasteiger partial charge in [0.1, 0.15) is 6.10 Å². The summed E-state index contributed by atoms with van der Waals surface area (Å²) in [5, 5.41) is 0. The van der Waals surface area contributed by atoms with Crippen LogP contribution < -0.4 is 0 Å². The zero-order valence-electron chi connectivity index (χ0n) is 9.95. The van der Waals surface area contributed by atoms with Crippen LogP contribution in [0.1, 0.15) is 51.4 Å². The molecule has 0 bridgehead atoms. The lowest BCUT2D eigenvalue weighted by Crippen LogP contribution is -2.28. The average molecular weight is 226 g/mol. The van der Waals surface area contributed by atoms with Crippen molar-refractivity contribution in [2.45, 2.75) is 57.5 Å². The van der Waals surface area contributed by atoms with E-state index < -0.39 is 0 Å². The van der Waals surface area contributed by atoms with Crippen LogP contribution >= 0.6 is 0 Å².